The van der Waals surface area contributed by atoms with Gasteiger partial charge in [0.05, 0.1) is 24.1 Å². The van der Waals surface area contributed by atoms with Gasteiger partial charge in [0.25, 0.3) is 0 Å². The van der Waals surface area contributed by atoms with E-state index in [-0.39, 0.29) is 0 Å². The van der Waals surface area contributed by atoms with E-state index in [0.717, 1.165) is 36.8 Å². The molecule has 21 heavy (non-hydrogen) atoms. The zero-order valence-electron chi connectivity index (χ0n) is 12.3. The molecule has 4 nitrogen and oxygen atoms in total. The Kier molecular flexibility index (Phi) is 3.05. The first-order valence-electron chi connectivity index (χ1n) is 8.10. The normalized spacial score (nSPS) is 23.3. The van der Waals surface area contributed by atoms with E-state index in [0.29, 0.717) is 5.92 Å². The van der Waals surface area contributed by atoms with Crippen molar-refractivity contribution in [3.63, 3.8) is 0 Å². The van der Waals surface area contributed by atoms with Gasteiger partial charge in [-0.25, -0.2) is 4.98 Å². The third-order valence-electron chi connectivity index (χ3n) is 5.29. The van der Waals surface area contributed by atoms with Crippen LogP contribution >= 0.6 is 0 Å². The van der Waals surface area contributed by atoms with Gasteiger partial charge in [0.2, 0.25) is 0 Å². The highest BCUT2D eigenvalue weighted by atomic mass is 16.3. The summed E-state index contributed by atoms with van der Waals surface area (Å²) in [6, 6.07) is 2.15. The molecule has 0 spiro atoms. The lowest BCUT2D eigenvalue weighted by Crippen LogP contribution is -2.47. The first-order valence-corrected chi connectivity index (χ1v) is 8.10. The number of hydrogen-bond acceptors (Lipinski definition) is 3. The van der Waals surface area contributed by atoms with Crippen LogP contribution in [0.1, 0.15) is 68.1 Å². The summed E-state index contributed by atoms with van der Waals surface area (Å²) >= 11 is 0. The molecule has 0 amide bonds. The van der Waals surface area contributed by atoms with Gasteiger partial charge in [0, 0.05) is 17.3 Å². The highest BCUT2D eigenvalue weighted by Crippen LogP contribution is 2.47. The summed E-state index contributed by atoms with van der Waals surface area (Å²) in [5.74, 6) is 0.599. The van der Waals surface area contributed by atoms with E-state index in [2.05, 4.69) is 17.2 Å². The topological polar surface area (TPSA) is 63.5 Å². The van der Waals surface area contributed by atoms with E-state index in [1.807, 2.05) is 10.6 Å². The average molecular weight is 285 g/mol. The van der Waals surface area contributed by atoms with Crippen molar-refractivity contribution in [2.24, 2.45) is 5.73 Å². The third kappa shape index (κ3) is 2.17. The fourth-order valence-corrected chi connectivity index (χ4v) is 3.85. The summed E-state index contributed by atoms with van der Waals surface area (Å²) < 4.78 is 2.00. The molecule has 2 fully saturated rings. The molecule has 0 bridgehead atoms. The van der Waals surface area contributed by atoms with Crippen LogP contribution in [-0.4, -0.2) is 20.0 Å². The van der Waals surface area contributed by atoms with E-state index in [9.17, 15) is 5.11 Å². The summed E-state index contributed by atoms with van der Waals surface area (Å²) in [6.45, 7) is 0. The molecule has 2 aliphatic carbocycles. The molecule has 0 aliphatic heterocycles. The van der Waals surface area contributed by atoms with Crippen molar-refractivity contribution in [1.29, 1.82) is 0 Å². The molecule has 3 N–H and O–H groups in total. The summed E-state index contributed by atoms with van der Waals surface area (Å²) in [5, 5.41) is 11.1. The number of nitrogens with zero attached hydrogens (tertiary/aromatic N) is 2. The second-order valence-corrected chi connectivity index (χ2v) is 6.84. The first kappa shape index (κ1) is 13.3. The average Bonchev–Trinajstić information content (AvgIpc) is 3.23. The minimum atomic E-state index is -0.589. The summed E-state index contributed by atoms with van der Waals surface area (Å²) in [7, 11) is 0. The molecule has 0 radical (unpaired) electrons. The van der Waals surface area contributed by atoms with Crippen molar-refractivity contribution in [2.75, 3.05) is 0 Å². The van der Waals surface area contributed by atoms with Gasteiger partial charge in [0.15, 0.2) is 0 Å². The summed E-state index contributed by atoms with van der Waals surface area (Å²) in [4.78, 5) is 4.24. The van der Waals surface area contributed by atoms with Crippen LogP contribution in [0.3, 0.4) is 0 Å². The quantitative estimate of drug-likeness (QED) is 0.911. The minimum absolute atomic E-state index is 0.478. The van der Waals surface area contributed by atoms with Crippen LogP contribution in [0.5, 0.6) is 0 Å². The van der Waals surface area contributed by atoms with Gasteiger partial charge < -0.3 is 15.2 Å². The Balaban J connectivity index is 1.83. The number of nitrogens with two attached hydrogens (primary N) is 1. The van der Waals surface area contributed by atoms with E-state index in [1.165, 1.54) is 24.8 Å². The van der Waals surface area contributed by atoms with Crippen molar-refractivity contribution in [2.45, 2.75) is 62.5 Å². The van der Waals surface area contributed by atoms with Gasteiger partial charge in [-0.2, -0.15) is 0 Å². The van der Waals surface area contributed by atoms with Crippen molar-refractivity contribution in [1.82, 2.24) is 9.38 Å². The number of hydrogen-bond donors (Lipinski definition) is 2. The summed E-state index contributed by atoms with van der Waals surface area (Å²) in [6.07, 6.45) is 12.9. The van der Waals surface area contributed by atoms with Crippen LogP contribution in [0.25, 0.3) is 5.52 Å². The molecule has 0 aromatic carbocycles. The fourth-order valence-electron chi connectivity index (χ4n) is 3.85. The Morgan fingerprint density at radius 3 is 2.76 bits per heavy atom. The maximum absolute atomic E-state index is 11.1. The summed E-state index contributed by atoms with van der Waals surface area (Å²) in [5.41, 5.74) is 9.45. The van der Waals surface area contributed by atoms with E-state index >= 15 is 0 Å². The smallest absolute Gasteiger partial charge is 0.0992 e. The Morgan fingerprint density at radius 1 is 1.29 bits per heavy atom. The van der Waals surface area contributed by atoms with Crippen LogP contribution in [0.4, 0.5) is 0 Å². The van der Waals surface area contributed by atoms with Crippen LogP contribution in [0.2, 0.25) is 0 Å². The lowest BCUT2D eigenvalue weighted by atomic mass is 9.75. The van der Waals surface area contributed by atoms with Gasteiger partial charge in [-0.1, -0.05) is 19.3 Å². The Morgan fingerprint density at radius 2 is 2.05 bits per heavy atom. The zero-order chi connectivity index (χ0) is 14.4. The molecule has 0 saturated heterocycles. The second kappa shape index (κ2) is 4.82. The lowest BCUT2D eigenvalue weighted by Gasteiger charge is -2.38. The molecule has 1 atom stereocenters. The Labute approximate surface area is 125 Å². The SMILES string of the molecule is NC1([C@H](O)c2c(C3CC3)ccn3cncc23)CCCCC1. The van der Waals surface area contributed by atoms with Crippen LogP contribution < -0.4 is 5.73 Å². The molecule has 2 aromatic rings. The minimum Gasteiger partial charge on any atom is -0.386 e. The number of aliphatic hydroxyl groups is 1. The molecule has 4 heteroatoms. The number of fused-ring (bicyclic) bond motifs is 1. The van der Waals surface area contributed by atoms with Crippen molar-refractivity contribution in [3.8, 4) is 0 Å². The molecule has 0 unspecified atom stereocenters. The van der Waals surface area contributed by atoms with Gasteiger partial charge in [-0.15, -0.1) is 0 Å². The molecule has 2 aliphatic rings. The maximum atomic E-state index is 11.1. The first-order chi connectivity index (χ1) is 10.2. The van der Waals surface area contributed by atoms with Crippen molar-refractivity contribution in [3.05, 3.63) is 35.9 Å². The largest absolute Gasteiger partial charge is 0.386 e. The second-order valence-electron chi connectivity index (χ2n) is 6.84. The van der Waals surface area contributed by atoms with Gasteiger partial charge in [0.1, 0.15) is 0 Å². The van der Waals surface area contributed by atoms with Gasteiger partial charge in [-0.3, -0.25) is 0 Å². The standard InChI is InChI=1S/C17H23N3O/c18-17(7-2-1-3-8-17)16(21)15-13(12-4-5-12)6-9-20-11-19-10-14(15)20/h6,9-12,16,21H,1-5,7-8,18H2/t16-/m1/s1. The number of rotatable bonds is 3. The third-order valence-corrected chi connectivity index (χ3v) is 5.29. The monoisotopic (exact) mass is 285 g/mol. The molecule has 112 valence electrons. The van der Waals surface area contributed by atoms with Crippen molar-refractivity contribution >= 4 is 5.52 Å². The van der Waals surface area contributed by atoms with E-state index in [4.69, 9.17) is 5.73 Å². The maximum Gasteiger partial charge on any atom is 0.0992 e. The number of imidazole rings is 1. The van der Waals surface area contributed by atoms with Crippen molar-refractivity contribution < 1.29 is 5.11 Å². The predicted octanol–water partition coefficient (Wildman–Crippen LogP) is 2.91. The number of aromatic nitrogens is 2. The van der Waals surface area contributed by atoms with Crippen LogP contribution in [-0.2, 0) is 0 Å². The molecule has 2 heterocycles. The van der Waals surface area contributed by atoms with Crippen LogP contribution in [0, 0.1) is 0 Å². The highest BCUT2D eigenvalue weighted by Gasteiger charge is 2.40. The van der Waals surface area contributed by atoms with Gasteiger partial charge >= 0.3 is 0 Å². The highest BCUT2D eigenvalue weighted by molar-refractivity contribution is 5.60. The molecular formula is C17H23N3O. The predicted molar refractivity (Wildman–Crippen MR) is 82.1 cm³/mol. The number of aliphatic hydroxyl groups excluding tert-OH is 1. The Hall–Kier alpha value is -1.39. The molecular weight excluding hydrogens is 262 g/mol. The zero-order valence-corrected chi connectivity index (χ0v) is 12.3. The van der Waals surface area contributed by atoms with Gasteiger partial charge in [-0.05, 0) is 43.2 Å². The number of pyridine rings is 1. The molecule has 4 rings (SSSR count). The van der Waals surface area contributed by atoms with E-state index < -0.39 is 11.6 Å². The Bertz CT molecular complexity index is 653. The molecule has 2 saturated carbocycles. The lowest BCUT2D eigenvalue weighted by molar-refractivity contribution is 0.0588. The van der Waals surface area contributed by atoms with Crippen LogP contribution in [0.15, 0.2) is 24.8 Å². The van der Waals surface area contributed by atoms with E-state index in [1.54, 1.807) is 6.33 Å². The fraction of sp³-hybridized carbons (Fsp3) is 0.588. The molecule has 2 aromatic heterocycles.